The molecular weight excluding hydrogens is 282 g/mol. The second kappa shape index (κ2) is 7.67. The molecule has 4 nitrogen and oxygen atoms in total. The van der Waals surface area contributed by atoms with E-state index >= 15 is 0 Å². The van der Waals surface area contributed by atoms with Gasteiger partial charge in [0.1, 0.15) is 0 Å². The summed E-state index contributed by atoms with van der Waals surface area (Å²) in [7, 11) is 3.39. The number of methoxy groups -OCH3 is 1. The summed E-state index contributed by atoms with van der Waals surface area (Å²) in [4.78, 5) is 11.4. The summed E-state index contributed by atoms with van der Waals surface area (Å²) < 4.78 is 29.0. The molecule has 0 fully saturated rings. The molecule has 0 aliphatic heterocycles. The number of carbonyl (C=O) groups is 1. The molecule has 0 saturated carbocycles. The van der Waals surface area contributed by atoms with Crippen LogP contribution < -0.4 is 0 Å². The monoisotopic (exact) mass is 302 g/mol. The molecule has 0 bridgehead atoms. The number of rotatable bonds is 7. The van der Waals surface area contributed by atoms with Crippen LogP contribution in [-0.2, 0) is 31.2 Å². The van der Waals surface area contributed by atoms with Crippen molar-refractivity contribution in [3.8, 4) is 0 Å². The van der Waals surface area contributed by atoms with Crippen LogP contribution in [0.1, 0.15) is 18.1 Å². The van der Waals surface area contributed by atoms with Crippen LogP contribution in [0.15, 0.2) is 24.3 Å². The Labute approximate surface area is 120 Å². The van der Waals surface area contributed by atoms with Crippen molar-refractivity contribution in [1.29, 1.82) is 0 Å². The van der Waals surface area contributed by atoms with Gasteiger partial charge in [-0.3, -0.25) is 0 Å². The maximum absolute atomic E-state index is 14.2. The zero-order chi connectivity index (χ0) is 15.2. The summed E-state index contributed by atoms with van der Waals surface area (Å²) in [6.07, 6.45) is 0.600. The largest absolute Gasteiger partial charge is 0.467 e. The Morgan fingerprint density at radius 3 is 2.40 bits per heavy atom. The van der Waals surface area contributed by atoms with Gasteiger partial charge in [0, 0.05) is 26.8 Å². The van der Waals surface area contributed by atoms with Gasteiger partial charge in [0.15, 0.2) is 8.38 Å². The molecule has 0 aliphatic carbocycles. The molecule has 1 aromatic carbocycles. The van der Waals surface area contributed by atoms with Crippen molar-refractivity contribution in [3.63, 3.8) is 0 Å². The van der Waals surface area contributed by atoms with Gasteiger partial charge >= 0.3 is 5.97 Å². The van der Waals surface area contributed by atoms with Gasteiger partial charge in [-0.15, -0.1) is 0 Å². The zero-order valence-electron chi connectivity index (χ0n) is 12.2. The lowest BCUT2D eigenvalue weighted by molar-refractivity contribution is -0.153. The van der Waals surface area contributed by atoms with Gasteiger partial charge < -0.3 is 13.8 Å². The van der Waals surface area contributed by atoms with E-state index in [9.17, 15) is 9.18 Å². The third kappa shape index (κ3) is 4.82. The van der Waals surface area contributed by atoms with Gasteiger partial charge in [-0.25, -0.2) is 9.18 Å². The molecule has 20 heavy (non-hydrogen) atoms. The standard InChI is InChI=1S/C14H20FO4P/c1-14(15,13(16)17-2)9-11-6-5-7-12(8-11)10-20(18-3)19-4/h5-8H,9-10H2,1-4H3. The Morgan fingerprint density at radius 2 is 1.85 bits per heavy atom. The van der Waals surface area contributed by atoms with E-state index in [2.05, 4.69) is 4.74 Å². The quantitative estimate of drug-likeness (QED) is 0.573. The average Bonchev–Trinajstić information content (AvgIpc) is 2.43. The van der Waals surface area contributed by atoms with Crippen molar-refractivity contribution in [2.45, 2.75) is 25.2 Å². The lowest BCUT2D eigenvalue weighted by Crippen LogP contribution is -2.33. The minimum absolute atomic E-state index is 0.0224. The van der Waals surface area contributed by atoms with Crippen LogP contribution in [0.2, 0.25) is 0 Å². The molecule has 1 rings (SSSR count). The number of hydrogen-bond acceptors (Lipinski definition) is 4. The molecule has 1 unspecified atom stereocenters. The molecule has 6 heteroatoms. The average molecular weight is 302 g/mol. The highest BCUT2D eigenvalue weighted by molar-refractivity contribution is 7.46. The van der Waals surface area contributed by atoms with Crippen LogP contribution in [0.5, 0.6) is 0 Å². The first kappa shape index (κ1) is 17.0. The van der Waals surface area contributed by atoms with Crippen LogP contribution in [0.4, 0.5) is 4.39 Å². The molecule has 0 aromatic heterocycles. The first-order chi connectivity index (χ1) is 9.42. The Bertz CT molecular complexity index is 447. The number of benzene rings is 1. The molecule has 1 aromatic rings. The number of hydrogen-bond donors (Lipinski definition) is 0. The summed E-state index contributed by atoms with van der Waals surface area (Å²) in [5.41, 5.74) is -0.307. The second-order valence-electron chi connectivity index (χ2n) is 4.54. The zero-order valence-corrected chi connectivity index (χ0v) is 13.1. The normalized spacial score (nSPS) is 14.1. The summed E-state index contributed by atoms with van der Waals surface area (Å²) in [6.45, 7) is 1.22. The van der Waals surface area contributed by atoms with E-state index in [1.54, 1.807) is 20.3 Å². The van der Waals surface area contributed by atoms with Crippen LogP contribution in [0.3, 0.4) is 0 Å². The van der Waals surface area contributed by atoms with Crippen molar-refractivity contribution in [3.05, 3.63) is 35.4 Å². The second-order valence-corrected chi connectivity index (χ2v) is 6.25. The molecule has 0 heterocycles. The highest BCUT2D eigenvalue weighted by atomic mass is 31.2. The summed E-state index contributed by atoms with van der Waals surface area (Å²) in [6, 6.07) is 7.39. The van der Waals surface area contributed by atoms with E-state index in [1.165, 1.54) is 14.0 Å². The smallest absolute Gasteiger partial charge is 0.343 e. The number of halogens is 1. The van der Waals surface area contributed by atoms with Gasteiger partial charge in [-0.1, -0.05) is 24.3 Å². The Kier molecular flexibility index (Phi) is 6.53. The van der Waals surface area contributed by atoms with Crippen molar-refractivity contribution in [1.82, 2.24) is 0 Å². The van der Waals surface area contributed by atoms with Crippen molar-refractivity contribution < 1.29 is 23.0 Å². The summed E-state index contributed by atoms with van der Waals surface area (Å²) in [5, 5.41) is 0. The van der Waals surface area contributed by atoms with E-state index in [0.717, 1.165) is 11.1 Å². The molecule has 1 atom stereocenters. The van der Waals surface area contributed by atoms with Gasteiger partial charge in [0.2, 0.25) is 5.67 Å². The Balaban J connectivity index is 2.80. The van der Waals surface area contributed by atoms with Gasteiger partial charge in [0.05, 0.1) is 7.11 Å². The lowest BCUT2D eigenvalue weighted by atomic mass is 9.97. The molecule has 0 N–H and O–H groups in total. The number of carbonyl (C=O) groups excluding carboxylic acids is 1. The molecule has 0 aliphatic rings. The molecule has 112 valence electrons. The van der Waals surface area contributed by atoms with E-state index in [-0.39, 0.29) is 6.42 Å². The number of esters is 1. The number of ether oxygens (including phenoxy) is 1. The minimum atomic E-state index is -2.03. The van der Waals surface area contributed by atoms with E-state index < -0.39 is 20.0 Å². The SMILES string of the molecule is COC(=O)C(C)(F)Cc1cccc(CP(OC)OC)c1. The first-order valence-electron chi connectivity index (χ1n) is 6.14. The molecular formula is C14H20FO4P. The van der Waals surface area contributed by atoms with E-state index in [1.807, 2.05) is 18.2 Å². The van der Waals surface area contributed by atoms with Crippen molar-refractivity contribution in [2.24, 2.45) is 0 Å². The highest BCUT2D eigenvalue weighted by Crippen LogP contribution is 2.40. The van der Waals surface area contributed by atoms with Crippen LogP contribution in [0, 0.1) is 0 Å². The van der Waals surface area contributed by atoms with E-state index in [4.69, 9.17) is 9.05 Å². The minimum Gasteiger partial charge on any atom is -0.467 e. The fourth-order valence-corrected chi connectivity index (χ4v) is 2.76. The molecule has 0 amide bonds. The third-order valence-electron chi connectivity index (χ3n) is 2.86. The highest BCUT2D eigenvalue weighted by Gasteiger charge is 2.34. The van der Waals surface area contributed by atoms with Crippen LogP contribution in [-0.4, -0.2) is 33.0 Å². The maximum atomic E-state index is 14.2. The molecule has 0 spiro atoms. The fourth-order valence-electron chi connectivity index (χ4n) is 1.86. The summed E-state index contributed by atoms with van der Waals surface area (Å²) >= 11 is 0. The fraction of sp³-hybridized carbons (Fsp3) is 0.500. The van der Waals surface area contributed by atoms with Crippen LogP contribution in [0.25, 0.3) is 0 Å². The van der Waals surface area contributed by atoms with Gasteiger partial charge in [0.25, 0.3) is 0 Å². The third-order valence-corrected chi connectivity index (χ3v) is 4.30. The van der Waals surface area contributed by atoms with Crippen molar-refractivity contribution in [2.75, 3.05) is 21.3 Å². The lowest BCUT2D eigenvalue weighted by Gasteiger charge is -2.18. The summed E-state index contributed by atoms with van der Waals surface area (Å²) in [5.74, 6) is -0.862. The topological polar surface area (TPSA) is 44.8 Å². The number of alkyl halides is 1. The van der Waals surface area contributed by atoms with E-state index in [0.29, 0.717) is 6.16 Å². The maximum Gasteiger partial charge on any atom is 0.343 e. The first-order valence-corrected chi connectivity index (χ1v) is 7.50. The van der Waals surface area contributed by atoms with Crippen molar-refractivity contribution >= 4 is 14.3 Å². The molecule has 0 radical (unpaired) electrons. The predicted molar refractivity (Wildman–Crippen MR) is 76.3 cm³/mol. The van der Waals surface area contributed by atoms with Gasteiger partial charge in [-0.05, 0) is 18.1 Å². The Hall–Kier alpha value is -1.03. The Morgan fingerprint density at radius 1 is 1.25 bits per heavy atom. The van der Waals surface area contributed by atoms with Gasteiger partial charge in [-0.2, -0.15) is 0 Å². The molecule has 0 saturated heterocycles. The van der Waals surface area contributed by atoms with Crippen LogP contribution >= 0.6 is 8.38 Å². The predicted octanol–water partition coefficient (Wildman–Crippen LogP) is 3.24.